The van der Waals surface area contributed by atoms with Crippen LogP contribution in [0.25, 0.3) is 11.0 Å². The maximum Gasteiger partial charge on any atom is 0.328 e. The molecule has 11 nitrogen and oxygen atoms in total. The molecule has 3 aromatic rings. The highest BCUT2D eigenvalue weighted by atomic mass is 32.1. The van der Waals surface area contributed by atoms with Gasteiger partial charge in [-0.1, -0.05) is 11.8 Å². The number of carbonyl (C=O) groups excluding carboxylic acids is 3. The first kappa shape index (κ1) is 26.5. The fourth-order valence-corrected chi connectivity index (χ4v) is 4.13. The number of aryl methyl sites for hydroxylation is 1. The van der Waals surface area contributed by atoms with Crippen LogP contribution in [0.5, 0.6) is 0 Å². The molecule has 0 unspecified atom stereocenters. The third-order valence-electron chi connectivity index (χ3n) is 5.04. The average molecular weight is 514 g/mol. The van der Waals surface area contributed by atoms with Crippen molar-refractivity contribution in [1.82, 2.24) is 20.3 Å². The summed E-state index contributed by atoms with van der Waals surface area (Å²) in [4.78, 5) is 58.4. The molecule has 3 rings (SSSR count). The van der Waals surface area contributed by atoms with Gasteiger partial charge in [-0.2, -0.15) is 16.3 Å². The molecule has 0 aromatic carbocycles. The number of thiophene rings is 1. The molecule has 36 heavy (non-hydrogen) atoms. The van der Waals surface area contributed by atoms with E-state index >= 15 is 0 Å². The van der Waals surface area contributed by atoms with E-state index in [2.05, 4.69) is 32.1 Å². The highest BCUT2D eigenvalue weighted by Gasteiger charge is 2.25. The van der Waals surface area contributed by atoms with Crippen LogP contribution in [-0.2, 0) is 25.5 Å². The number of carbonyl (C=O) groups is 3. The van der Waals surface area contributed by atoms with E-state index in [1.54, 1.807) is 30.7 Å². The number of hydrogen-bond acceptors (Lipinski definition) is 9. The van der Waals surface area contributed by atoms with Crippen molar-refractivity contribution < 1.29 is 23.9 Å². The second kappa shape index (κ2) is 12.6. The second-order valence-electron chi connectivity index (χ2n) is 7.63. The molecule has 0 spiro atoms. The van der Waals surface area contributed by atoms with Gasteiger partial charge in [-0.3, -0.25) is 19.4 Å². The molecule has 190 valence electrons. The minimum atomic E-state index is -0.990. The zero-order chi connectivity index (χ0) is 26.1. The molecule has 3 aromatic heterocycles. The molecule has 0 radical (unpaired) electrons. The highest BCUT2D eigenvalue weighted by molar-refractivity contribution is 7.08. The normalized spacial score (nSPS) is 11.4. The molecule has 0 saturated carbocycles. The first-order valence-corrected chi connectivity index (χ1v) is 12.3. The summed E-state index contributed by atoms with van der Waals surface area (Å²) in [5.41, 5.74) is 7.29. The lowest BCUT2D eigenvalue weighted by atomic mass is 10.1. The predicted molar refractivity (Wildman–Crippen MR) is 134 cm³/mol. The van der Waals surface area contributed by atoms with Gasteiger partial charge in [0, 0.05) is 34.9 Å². The summed E-state index contributed by atoms with van der Waals surface area (Å²) >= 11 is 1.31. The molecule has 3 heterocycles. The minimum absolute atomic E-state index is 0.0321. The smallest absolute Gasteiger partial charge is 0.328 e. The average Bonchev–Trinajstić information content (AvgIpc) is 3.46. The summed E-state index contributed by atoms with van der Waals surface area (Å²) in [6.45, 7) is 3.73. The Labute approximate surface area is 210 Å². The molecule has 0 aliphatic carbocycles. The van der Waals surface area contributed by atoms with Crippen molar-refractivity contribution in [2.75, 3.05) is 18.9 Å². The van der Waals surface area contributed by atoms with Crippen molar-refractivity contribution in [3.63, 3.8) is 0 Å². The number of nitrogens with one attached hydrogen (secondary N) is 3. The summed E-state index contributed by atoms with van der Waals surface area (Å²) < 4.78 is 9.93. The molecular formula is C24H27N5O6S. The number of nitrogens with two attached hydrogens (primary N) is 1. The Balaban J connectivity index is 1.64. The largest absolute Gasteiger partial charge is 0.466 e. The van der Waals surface area contributed by atoms with Crippen molar-refractivity contribution in [3.8, 4) is 11.8 Å². The van der Waals surface area contributed by atoms with Gasteiger partial charge in [0.2, 0.25) is 5.95 Å². The quantitative estimate of drug-likeness (QED) is 0.235. The molecule has 12 heteroatoms. The van der Waals surface area contributed by atoms with Gasteiger partial charge < -0.3 is 25.5 Å². The van der Waals surface area contributed by atoms with E-state index in [1.165, 1.54) is 11.3 Å². The number of ether oxygens (including phenoxy) is 2. The van der Waals surface area contributed by atoms with Crippen LogP contribution >= 0.6 is 11.3 Å². The number of hydrogen-bond donors (Lipinski definition) is 4. The number of rotatable bonds is 10. The molecule has 0 saturated heterocycles. The fourth-order valence-electron chi connectivity index (χ4n) is 3.37. The van der Waals surface area contributed by atoms with Crippen LogP contribution in [0.1, 0.15) is 54.7 Å². The van der Waals surface area contributed by atoms with E-state index in [1.807, 2.05) is 0 Å². The molecule has 0 bridgehead atoms. The monoisotopic (exact) mass is 513 g/mol. The van der Waals surface area contributed by atoms with Crippen molar-refractivity contribution in [2.45, 2.75) is 45.6 Å². The first-order valence-electron chi connectivity index (χ1n) is 11.4. The van der Waals surface area contributed by atoms with Gasteiger partial charge in [0.25, 0.3) is 11.5 Å². The Morgan fingerprint density at radius 3 is 2.72 bits per heavy atom. The van der Waals surface area contributed by atoms with Crippen LogP contribution in [-0.4, -0.2) is 52.1 Å². The molecular weight excluding hydrogens is 486 g/mol. The van der Waals surface area contributed by atoms with E-state index in [9.17, 15) is 19.2 Å². The molecule has 5 N–H and O–H groups in total. The lowest BCUT2D eigenvalue weighted by Crippen LogP contribution is -2.42. The Morgan fingerprint density at radius 1 is 1.19 bits per heavy atom. The number of H-pyrrole nitrogens is 2. The third kappa shape index (κ3) is 6.96. The van der Waals surface area contributed by atoms with Crippen LogP contribution in [0, 0.1) is 11.8 Å². The maximum absolute atomic E-state index is 12.9. The first-order chi connectivity index (χ1) is 17.3. The van der Waals surface area contributed by atoms with Crippen LogP contribution < -0.4 is 16.6 Å². The van der Waals surface area contributed by atoms with Crippen LogP contribution in [0.3, 0.4) is 0 Å². The standard InChI is InChI=1S/C24H27N5O6S/c1-3-34-19(30)10-9-18(23(33)35-4-2)27-22(32)17-13-36-12-14(17)7-5-6-8-15-11-16-20(26-15)28-24(25)29-21(16)31/h11-13,18H,3-4,6,8-10H2,1-2H3,(H,27,32)(H4,25,26,28,29,31)/t18-/m0/s1. The Morgan fingerprint density at radius 2 is 1.97 bits per heavy atom. The molecule has 1 amide bonds. The van der Waals surface area contributed by atoms with Gasteiger partial charge in [0.05, 0.1) is 24.2 Å². The topological polar surface area (TPSA) is 169 Å². The molecule has 1 atom stereocenters. The van der Waals surface area contributed by atoms with E-state index < -0.39 is 23.9 Å². The molecule has 0 aliphatic heterocycles. The summed E-state index contributed by atoms with van der Waals surface area (Å²) in [6.07, 6.45) is 1.02. The number of nitrogen functional groups attached to an aromatic ring is 1. The van der Waals surface area contributed by atoms with Crippen LogP contribution in [0.4, 0.5) is 5.95 Å². The van der Waals surface area contributed by atoms with E-state index in [-0.39, 0.29) is 37.6 Å². The summed E-state index contributed by atoms with van der Waals surface area (Å²) in [5, 5.41) is 6.46. The number of aromatic nitrogens is 3. The number of aromatic amines is 2. The highest BCUT2D eigenvalue weighted by Crippen LogP contribution is 2.16. The number of nitrogens with zero attached hydrogens (tertiary/aromatic N) is 1. The zero-order valence-electron chi connectivity index (χ0n) is 19.9. The minimum Gasteiger partial charge on any atom is -0.466 e. The lowest BCUT2D eigenvalue weighted by molar-refractivity contribution is -0.146. The van der Waals surface area contributed by atoms with Gasteiger partial charge in [0.15, 0.2) is 0 Å². The van der Waals surface area contributed by atoms with Gasteiger partial charge in [0.1, 0.15) is 11.7 Å². The van der Waals surface area contributed by atoms with E-state index in [0.717, 1.165) is 5.69 Å². The summed E-state index contributed by atoms with van der Waals surface area (Å²) in [5.74, 6) is 4.49. The fraction of sp³-hybridized carbons (Fsp3) is 0.375. The molecule has 0 aliphatic rings. The number of amides is 1. The maximum atomic E-state index is 12.9. The van der Waals surface area contributed by atoms with Crippen molar-refractivity contribution >= 4 is 46.2 Å². The Hall–Kier alpha value is -4.11. The zero-order valence-corrected chi connectivity index (χ0v) is 20.8. The van der Waals surface area contributed by atoms with E-state index in [0.29, 0.717) is 35.0 Å². The van der Waals surface area contributed by atoms with Crippen molar-refractivity contribution in [3.05, 3.63) is 44.0 Å². The van der Waals surface area contributed by atoms with Gasteiger partial charge >= 0.3 is 11.9 Å². The number of esters is 2. The van der Waals surface area contributed by atoms with Gasteiger partial charge in [-0.15, -0.1) is 0 Å². The number of fused-ring (bicyclic) bond motifs is 1. The molecule has 0 fully saturated rings. The predicted octanol–water partition coefficient (Wildman–Crippen LogP) is 1.88. The van der Waals surface area contributed by atoms with E-state index in [4.69, 9.17) is 15.2 Å². The lowest BCUT2D eigenvalue weighted by Gasteiger charge is -2.16. The Kier molecular flexibility index (Phi) is 9.24. The third-order valence-corrected chi connectivity index (χ3v) is 5.78. The van der Waals surface area contributed by atoms with Gasteiger partial charge in [-0.25, -0.2) is 4.79 Å². The Bertz CT molecular complexity index is 1360. The van der Waals surface area contributed by atoms with Crippen molar-refractivity contribution in [1.29, 1.82) is 0 Å². The SMILES string of the molecule is CCOC(=O)CC[C@H](NC(=O)c1cscc1C#CCCc1cc2c(=O)[nH]c(N)nc2[nH]1)C(=O)OCC. The van der Waals surface area contributed by atoms with Crippen LogP contribution in [0.2, 0.25) is 0 Å². The summed E-state index contributed by atoms with van der Waals surface area (Å²) in [6, 6.07) is 0.716. The van der Waals surface area contributed by atoms with Crippen molar-refractivity contribution in [2.24, 2.45) is 0 Å². The number of anilines is 1. The second-order valence-corrected chi connectivity index (χ2v) is 8.37. The summed E-state index contributed by atoms with van der Waals surface area (Å²) in [7, 11) is 0. The van der Waals surface area contributed by atoms with Gasteiger partial charge in [-0.05, 0) is 32.8 Å². The van der Waals surface area contributed by atoms with Crippen LogP contribution in [0.15, 0.2) is 21.6 Å².